The van der Waals surface area contributed by atoms with Crippen molar-refractivity contribution in [2.45, 2.75) is 58.9 Å². The lowest BCUT2D eigenvalue weighted by Gasteiger charge is -2.22. The van der Waals surface area contributed by atoms with Crippen molar-refractivity contribution in [3.8, 4) is 5.75 Å². The number of nitrogens with one attached hydrogen (secondary N) is 1. The first-order valence-electron chi connectivity index (χ1n) is 10.0. The van der Waals surface area contributed by atoms with Crippen LogP contribution in [-0.4, -0.2) is 45.8 Å². The summed E-state index contributed by atoms with van der Waals surface area (Å²) >= 11 is 0. The Morgan fingerprint density at radius 2 is 2.00 bits per heavy atom. The maximum absolute atomic E-state index is 12.3. The van der Waals surface area contributed by atoms with Crippen molar-refractivity contribution in [1.82, 2.24) is 25.0 Å². The molecule has 0 amide bonds. The number of fused-ring (bicyclic) bond motifs is 1. The Kier molecular flexibility index (Phi) is 9.73. The molecule has 3 rings (SSSR count). The van der Waals surface area contributed by atoms with Crippen molar-refractivity contribution < 1.29 is 13.5 Å². The lowest BCUT2D eigenvalue weighted by Crippen LogP contribution is -2.38. The van der Waals surface area contributed by atoms with Gasteiger partial charge in [0.2, 0.25) is 0 Å². The highest BCUT2D eigenvalue weighted by molar-refractivity contribution is 14.0. The number of aliphatic imine (C=N–C) groups is 1. The molecule has 0 aliphatic carbocycles. The molecule has 0 saturated heterocycles. The van der Waals surface area contributed by atoms with Gasteiger partial charge < -0.3 is 19.5 Å². The van der Waals surface area contributed by atoms with Gasteiger partial charge in [-0.1, -0.05) is 18.6 Å². The van der Waals surface area contributed by atoms with Crippen molar-refractivity contribution in [2.75, 3.05) is 13.6 Å². The van der Waals surface area contributed by atoms with Gasteiger partial charge in [0.1, 0.15) is 18.1 Å². The first-order chi connectivity index (χ1) is 14.1. The maximum Gasteiger partial charge on any atom is 0.387 e. The first kappa shape index (κ1) is 24.3. The Morgan fingerprint density at radius 1 is 1.23 bits per heavy atom. The van der Waals surface area contributed by atoms with Crippen LogP contribution in [0.1, 0.15) is 43.4 Å². The van der Waals surface area contributed by atoms with E-state index >= 15 is 0 Å². The summed E-state index contributed by atoms with van der Waals surface area (Å²) in [6.07, 6.45) is 4.50. The number of nitrogens with zero attached hydrogens (tertiary/aromatic N) is 5. The summed E-state index contributed by atoms with van der Waals surface area (Å²) < 4.78 is 31.2. The van der Waals surface area contributed by atoms with Gasteiger partial charge in [0.05, 0.1) is 0 Å². The number of benzene rings is 1. The van der Waals surface area contributed by atoms with Crippen LogP contribution in [0.25, 0.3) is 0 Å². The van der Waals surface area contributed by atoms with Gasteiger partial charge in [0, 0.05) is 33.1 Å². The smallest absolute Gasteiger partial charge is 0.387 e. The predicted molar refractivity (Wildman–Crippen MR) is 122 cm³/mol. The number of hydrogen-bond acceptors (Lipinski definition) is 4. The minimum atomic E-state index is -2.82. The largest absolute Gasteiger partial charge is 0.435 e. The highest BCUT2D eigenvalue weighted by Gasteiger charge is 2.15. The molecule has 0 saturated carbocycles. The zero-order valence-corrected chi connectivity index (χ0v) is 19.7. The number of halogens is 3. The highest BCUT2D eigenvalue weighted by Crippen LogP contribution is 2.17. The predicted octanol–water partition coefficient (Wildman–Crippen LogP) is 3.82. The molecule has 2 heterocycles. The van der Waals surface area contributed by atoms with Gasteiger partial charge in [-0.05, 0) is 37.5 Å². The van der Waals surface area contributed by atoms with Gasteiger partial charge in [-0.25, -0.2) is 4.99 Å². The highest BCUT2D eigenvalue weighted by atomic mass is 127. The summed E-state index contributed by atoms with van der Waals surface area (Å²) in [5, 5.41) is 11.9. The second-order valence-electron chi connectivity index (χ2n) is 7.04. The lowest BCUT2D eigenvalue weighted by atomic mass is 10.2. The molecule has 0 unspecified atom stereocenters. The molecule has 0 radical (unpaired) electrons. The molecule has 2 aromatic rings. The SMILES string of the molecule is CCNC(=NCc1nnc2n1CCCCC2)N(C)Cc1ccc(OC(F)F)cc1.I. The fraction of sp³-hybridized carbons (Fsp3) is 0.550. The zero-order valence-electron chi connectivity index (χ0n) is 17.4. The average molecular weight is 534 g/mol. The summed E-state index contributed by atoms with van der Waals surface area (Å²) in [5.74, 6) is 2.85. The standard InChI is InChI=1S/C20H28F2N6O.HI/c1-3-23-20(24-13-18-26-25-17-7-5-4-6-12-28(17)18)27(2)14-15-8-10-16(11-9-15)29-19(21)22;/h8-11,19H,3-7,12-14H2,1-2H3,(H,23,24);1H. The molecule has 1 aliphatic rings. The molecule has 1 aliphatic heterocycles. The van der Waals surface area contributed by atoms with E-state index in [0.29, 0.717) is 13.1 Å². The van der Waals surface area contributed by atoms with Crippen LogP contribution in [0, 0.1) is 0 Å². The molecule has 1 aromatic carbocycles. The Bertz CT molecular complexity index is 812. The molecule has 7 nitrogen and oxygen atoms in total. The number of rotatable bonds is 7. The van der Waals surface area contributed by atoms with Crippen molar-refractivity contribution in [2.24, 2.45) is 4.99 Å². The van der Waals surface area contributed by atoms with E-state index < -0.39 is 6.61 Å². The van der Waals surface area contributed by atoms with E-state index in [1.807, 2.05) is 18.9 Å². The van der Waals surface area contributed by atoms with Crippen LogP contribution >= 0.6 is 24.0 Å². The van der Waals surface area contributed by atoms with Gasteiger partial charge in [-0.15, -0.1) is 34.2 Å². The van der Waals surface area contributed by atoms with E-state index in [0.717, 1.165) is 55.5 Å². The van der Waals surface area contributed by atoms with Crippen molar-refractivity contribution >= 4 is 29.9 Å². The van der Waals surface area contributed by atoms with Crippen molar-refractivity contribution in [3.05, 3.63) is 41.5 Å². The Hall–Kier alpha value is -1.98. The summed E-state index contributed by atoms with van der Waals surface area (Å²) in [6.45, 7) is 1.93. The summed E-state index contributed by atoms with van der Waals surface area (Å²) in [6, 6.07) is 6.64. The third-order valence-electron chi connectivity index (χ3n) is 4.82. The van der Waals surface area contributed by atoms with E-state index in [4.69, 9.17) is 4.99 Å². The summed E-state index contributed by atoms with van der Waals surface area (Å²) in [7, 11) is 1.94. The maximum atomic E-state index is 12.3. The van der Waals surface area contributed by atoms with Crippen LogP contribution < -0.4 is 10.1 Å². The zero-order chi connectivity index (χ0) is 20.6. The van der Waals surface area contributed by atoms with Crippen molar-refractivity contribution in [3.63, 3.8) is 0 Å². The fourth-order valence-electron chi connectivity index (χ4n) is 3.40. The Morgan fingerprint density at radius 3 is 2.70 bits per heavy atom. The molecular formula is C20H29F2IN6O. The van der Waals surface area contributed by atoms with E-state index in [1.54, 1.807) is 24.3 Å². The first-order valence-corrected chi connectivity index (χ1v) is 10.0. The molecule has 166 valence electrons. The molecule has 0 atom stereocenters. The van der Waals surface area contributed by atoms with E-state index in [1.165, 1.54) is 6.42 Å². The van der Waals surface area contributed by atoms with E-state index in [2.05, 4.69) is 24.8 Å². The topological polar surface area (TPSA) is 67.6 Å². The fourth-order valence-corrected chi connectivity index (χ4v) is 3.40. The van der Waals surface area contributed by atoms with Gasteiger partial charge in [0.25, 0.3) is 0 Å². The third-order valence-corrected chi connectivity index (χ3v) is 4.82. The molecule has 30 heavy (non-hydrogen) atoms. The molecule has 1 N–H and O–H groups in total. The molecule has 1 aromatic heterocycles. The van der Waals surface area contributed by atoms with Crippen LogP contribution in [0.5, 0.6) is 5.75 Å². The van der Waals surface area contributed by atoms with Crippen molar-refractivity contribution in [1.29, 1.82) is 0 Å². The minimum absolute atomic E-state index is 0. The second-order valence-corrected chi connectivity index (χ2v) is 7.04. The number of alkyl halides is 2. The molecule has 0 bridgehead atoms. The number of guanidine groups is 1. The van der Waals surface area contributed by atoms with Crippen LogP contribution in [-0.2, 0) is 26.1 Å². The average Bonchev–Trinajstić information content (AvgIpc) is 2.92. The number of aromatic nitrogens is 3. The minimum Gasteiger partial charge on any atom is -0.435 e. The third kappa shape index (κ3) is 6.78. The van der Waals surface area contributed by atoms with Crippen LogP contribution in [0.15, 0.2) is 29.3 Å². The second kappa shape index (κ2) is 12.0. The monoisotopic (exact) mass is 534 g/mol. The van der Waals surface area contributed by atoms with Gasteiger partial charge in [-0.3, -0.25) is 0 Å². The molecule has 0 spiro atoms. The summed E-state index contributed by atoms with van der Waals surface area (Å²) in [5.41, 5.74) is 0.969. The Labute approximate surface area is 192 Å². The van der Waals surface area contributed by atoms with Gasteiger partial charge in [-0.2, -0.15) is 8.78 Å². The van der Waals surface area contributed by atoms with Crippen LogP contribution in [0.2, 0.25) is 0 Å². The Balaban J connectivity index is 0.00000320. The lowest BCUT2D eigenvalue weighted by molar-refractivity contribution is -0.0498. The van der Waals surface area contributed by atoms with Crippen LogP contribution in [0.4, 0.5) is 8.78 Å². The number of hydrogen-bond donors (Lipinski definition) is 1. The molecule has 10 heteroatoms. The number of ether oxygens (including phenoxy) is 1. The van der Waals surface area contributed by atoms with Gasteiger partial charge in [0.15, 0.2) is 11.8 Å². The quantitative estimate of drug-likeness (QED) is 0.333. The molecular weight excluding hydrogens is 505 g/mol. The number of aryl methyl sites for hydroxylation is 1. The summed E-state index contributed by atoms with van der Waals surface area (Å²) in [4.78, 5) is 6.72. The van der Waals surface area contributed by atoms with Gasteiger partial charge >= 0.3 is 6.61 Å². The van der Waals surface area contributed by atoms with E-state index in [9.17, 15) is 8.78 Å². The van der Waals surface area contributed by atoms with Crippen LogP contribution in [0.3, 0.4) is 0 Å². The molecule has 0 fully saturated rings. The van der Waals surface area contributed by atoms with E-state index in [-0.39, 0.29) is 29.7 Å². The normalized spacial score (nSPS) is 14.0.